The van der Waals surface area contributed by atoms with Gasteiger partial charge in [-0.3, -0.25) is 4.79 Å². The Hall–Kier alpha value is -2.89. The van der Waals surface area contributed by atoms with Gasteiger partial charge in [-0.05, 0) is 74.2 Å². The van der Waals surface area contributed by atoms with E-state index in [1.54, 1.807) is 24.3 Å². The van der Waals surface area contributed by atoms with E-state index in [9.17, 15) is 13.2 Å². The minimum Gasteiger partial charge on any atom is -0.494 e. The molecule has 1 fully saturated rings. The van der Waals surface area contributed by atoms with Gasteiger partial charge >= 0.3 is 0 Å². The number of sulfonamides is 1. The van der Waals surface area contributed by atoms with Crippen molar-refractivity contribution in [3.63, 3.8) is 0 Å². The average molecular weight is 456 g/mol. The fourth-order valence-electron chi connectivity index (χ4n) is 3.70. The lowest BCUT2D eigenvalue weighted by atomic mass is 10.0. The Morgan fingerprint density at radius 3 is 2.31 bits per heavy atom. The van der Waals surface area contributed by atoms with E-state index < -0.39 is 10.0 Å². The Balaban J connectivity index is 1.80. The number of carbonyl (C=O) groups is 1. The van der Waals surface area contributed by atoms with Gasteiger partial charge in [0.15, 0.2) is 0 Å². The minimum atomic E-state index is -3.57. The van der Waals surface area contributed by atoms with Crippen LogP contribution in [0.2, 0.25) is 0 Å². The lowest BCUT2D eigenvalue weighted by Crippen LogP contribution is -2.37. The van der Waals surface area contributed by atoms with Gasteiger partial charge in [0, 0.05) is 30.9 Å². The van der Waals surface area contributed by atoms with Gasteiger partial charge in [0.1, 0.15) is 5.75 Å². The average Bonchev–Trinajstić information content (AvgIpc) is 2.81. The molecule has 0 bridgehead atoms. The van der Waals surface area contributed by atoms with E-state index >= 15 is 0 Å². The molecule has 0 aliphatic carbocycles. The van der Waals surface area contributed by atoms with E-state index in [4.69, 9.17) is 10.00 Å². The molecule has 0 spiro atoms. The Bertz CT molecular complexity index is 1050. The van der Waals surface area contributed by atoms with Gasteiger partial charge in [0.2, 0.25) is 10.0 Å². The monoisotopic (exact) mass is 455 g/mol. The number of ether oxygens (including phenoxy) is 1. The Labute approximate surface area is 190 Å². The van der Waals surface area contributed by atoms with Crippen LogP contribution in [0, 0.1) is 17.2 Å². The van der Waals surface area contributed by atoms with Crippen molar-refractivity contribution in [2.45, 2.75) is 38.0 Å². The predicted molar refractivity (Wildman–Crippen MR) is 123 cm³/mol. The standard InChI is InChI=1S/C24H29N3O4S/c1-3-31-22-9-7-21(8-10-22)27(16-4-15-25)24(28)20-5-11-23(12-6-20)32(29,30)26-17-13-19(2)14-18-26/h5-12,19H,3-4,13-14,16-18H2,1-2H3. The quantitative estimate of drug-likeness (QED) is 0.599. The van der Waals surface area contributed by atoms with Crippen molar-refractivity contribution in [3.8, 4) is 11.8 Å². The molecule has 0 saturated carbocycles. The molecule has 1 aliphatic heterocycles. The van der Waals surface area contributed by atoms with Crippen molar-refractivity contribution >= 4 is 21.6 Å². The summed E-state index contributed by atoms with van der Waals surface area (Å²) in [5, 5.41) is 9.02. The molecule has 0 aromatic heterocycles. The zero-order chi connectivity index (χ0) is 23.1. The van der Waals surface area contributed by atoms with Gasteiger partial charge in [0.25, 0.3) is 5.91 Å². The molecule has 0 radical (unpaired) electrons. The van der Waals surface area contributed by atoms with E-state index in [0.717, 1.165) is 12.8 Å². The molecule has 170 valence electrons. The Morgan fingerprint density at radius 2 is 1.75 bits per heavy atom. The highest BCUT2D eigenvalue weighted by atomic mass is 32.2. The predicted octanol–water partition coefficient (Wildman–Crippen LogP) is 4.07. The largest absolute Gasteiger partial charge is 0.494 e. The van der Waals surface area contributed by atoms with Crippen LogP contribution >= 0.6 is 0 Å². The molecule has 1 saturated heterocycles. The lowest BCUT2D eigenvalue weighted by Gasteiger charge is -2.29. The molecular weight excluding hydrogens is 426 g/mol. The van der Waals surface area contributed by atoms with Gasteiger partial charge in [-0.15, -0.1) is 0 Å². The molecule has 1 amide bonds. The number of hydrogen-bond donors (Lipinski definition) is 0. The van der Waals surface area contributed by atoms with Gasteiger partial charge in [0.05, 0.1) is 24.0 Å². The van der Waals surface area contributed by atoms with Crippen LogP contribution in [0.4, 0.5) is 5.69 Å². The molecule has 1 aliphatic rings. The second-order valence-corrected chi connectivity index (χ2v) is 9.84. The molecule has 0 unspecified atom stereocenters. The molecule has 7 nitrogen and oxygen atoms in total. The van der Waals surface area contributed by atoms with Crippen LogP contribution in [0.25, 0.3) is 0 Å². The van der Waals surface area contributed by atoms with Crippen molar-refractivity contribution in [3.05, 3.63) is 54.1 Å². The molecule has 32 heavy (non-hydrogen) atoms. The van der Waals surface area contributed by atoms with Crippen LogP contribution in [0.3, 0.4) is 0 Å². The number of rotatable bonds is 8. The summed E-state index contributed by atoms with van der Waals surface area (Å²) in [5.74, 6) is 0.939. The zero-order valence-corrected chi connectivity index (χ0v) is 19.3. The minimum absolute atomic E-state index is 0.179. The normalized spacial score (nSPS) is 15.2. The first-order chi connectivity index (χ1) is 15.4. The third kappa shape index (κ3) is 5.47. The van der Waals surface area contributed by atoms with E-state index in [2.05, 4.69) is 13.0 Å². The third-order valence-corrected chi connectivity index (χ3v) is 7.55. The van der Waals surface area contributed by atoms with Gasteiger partial charge in [-0.25, -0.2) is 8.42 Å². The second kappa shape index (κ2) is 10.6. The topological polar surface area (TPSA) is 90.7 Å². The van der Waals surface area contributed by atoms with Crippen molar-refractivity contribution in [1.29, 1.82) is 5.26 Å². The number of anilines is 1. The van der Waals surface area contributed by atoms with Crippen LogP contribution in [-0.2, 0) is 10.0 Å². The number of benzene rings is 2. The molecule has 8 heteroatoms. The summed E-state index contributed by atoms with van der Waals surface area (Å²) >= 11 is 0. The first-order valence-electron chi connectivity index (χ1n) is 10.9. The van der Waals surface area contributed by atoms with Gasteiger partial charge in [-0.1, -0.05) is 6.92 Å². The summed E-state index contributed by atoms with van der Waals surface area (Å²) in [5.41, 5.74) is 1.01. The van der Waals surface area contributed by atoms with E-state index in [-0.39, 0.29) is 23.8 Å². The SMILES string of the molecule is CCOc1ccc(N(CCC#N)C(=O)c2ccc(S(=O)(=O)N3CCC(C)CC3)cc2)cc1. The number of carbonyl (C=O) groups excluding carboxylic acids is 1. The molecular formula is C24H29N3O4S. The van der Waals surface area contributed by atoms with Crippen LogP contribution in [0.15, 0.2) is 53.4 Å². The van der Waals surface area contributed by atoms with Crippen LogP contribution in [-0.4, -0.2) is 44.9 Å². The maximum atomic E-state index is 13.2. The fraction of sp³-hybridized carbons (Fsp3) is 0.417. The molecule has 1 heterocycles. The first kappa shape index (κ1) is 23.8. The zero-order valence-electron chi connectivity index (χ0n) is 18.5. The summed E-state index contributed by atoms with van der Waals surface area (Å²) in [4.78, 5) is 14.9. The second-order valence-electron chi connectivity index (χ2n) is 7.90. The summed E-state index contributed by atoms with van der Waals surface area (Å²) in [7, 11) is -3.57. The summed E-state index contributed by atoms with van der Waals surface area (Å²) in [6.07, 6.45) is 1.89. The van der Waals surface area contributed by atoms with E-state index in [0.29, 0.717) is 42.6 Å². The molecule has 0 N–H and O–H groups in total. The lowest BCUT2D eigenvalue weighted by molar-refractivity contribution is 0.0987. The summed E-state index contributed by atoms with van der Waals surface area (Å²) < 4.78 is 32.8. The van der Waals surface area contributed by atoms with Crippen molar-refractivity contribution < 1.29 is 17.9 Å². The van der Waals surface area contributed by atoms with E-state index in [1.165, 1.54) is 33.5 Å². The first-order valence-corrected chi connectivity index (χ1v) is 12.3. The van der Waals surface area contributed by atoms with Crippen molar-refractivity contribution in [1.82, 2.24) is 4.31 Å². The van der Waals surface area contributed by atoms with Crippen molar-refractivity contribution in [2.24, 2.45) is 5.92 Å². The number of amides is 1. The highest BCUT2D eigenvalue weighted by Gasteiger charge is 2.28. The van der Waals surface area contributed by atoms with Crippen LogP contribution in [0.1, 0.15) is 43.5 Å². The van der Waals surface area contributed by atoms with Gasteiger partial charge in [-0.2, -0.15) is 9.57 Å². The molecule has 2 aromatic carbocycles. The molecule has 2 aromatic rings. The highest BCUT2D eigenvalue weighted by Crippen LogP contribution is 2.25. The Morgan fingerprint density at radius 1 is 1.12 bits per heavy atom. The summed E-state index contributed by atoms with van der Waals surface area (Å²) in [6.45, 7) is 5.84. The number of nitrogens with zero attached hydrogens (tertiary/aromatic N) is 3. The number of hydrogen-bond acceptors (Lipinski definition) is 5. The fourth-order valence-corrected chi connectivity index (χ4v) is 5.17. The van der Waals surface area contributed by atoms with E-state index in [1.807, 2.05) is 6.92 Å². The maximum Gasteiger partial charge on any atom is 0.258 e. The van der Waals surface area contributed by atoms with Crippen LogP contribution < -0.4 is 9.64 Å². The molecule has 0 atom stereocenters. The molecule has 3 rings (SSSR count). The van der Waals surface area contributed by atoms with Crippen molar-refractivity contribution in [2.75, 3.05) is 31.1 Å². The number of piperidine rings is 1. The maximum absolute atomic E-state index is 13.2. The Kier molecular flexibility index (Phi) is 7.89. The summed E-state index contributed by atoms with van der Waals surface area (Å²) in [6, 6.07) is 15.2. The van der Waals surface area contributed by atoms with Crippen LogP contribution in [0.5, 0.6) is 5.75 Å². The van der Waals surface area contributed by atoms with Gasteiger partial charge < -0.3 is 9.64 Å². The third-order valence-electron chi connectivity index (χ3n) is 5.63. The smallest absolute Gasteiger partial charge is 0.258 e. The number of nitriles is 1. The highest BCUT2D eigenvalue weighted by molar-refractivity contribution is 7.89.